The summed E-state index contributed by atoms with van der Waals surface area (Å²) >= 11 is 12.0. The van der Waals surface area contributed by atoms with Gasteiger partial charge in [0.2, 0.25) is 0 Å². The number of nitrogens with zero attached hydrogens (tertiary/aromatic N) is 3. The molecule has 0 N–H and O–H groups in total. The lowest BCUT2D eigenvalue weighted by molar-refractivity contribution is 0.594. The van der Waals surface area contributed by atoms with Crippen LogP contribution in [-0.4, -0.2) is 25.2 Å². The molecule has 0 bridgehead atoms. The van der Waals surface area contributed by atoms with E-state index >= 15 is 0 Å². The van der Waals surface area contributed by atoms with Crippen LogP contribution in [0.4, 0.5) is 5.69 Å². The Balaban J connectivity index is 1.65. The zero-order chi connectivity index (χ0) is 21.3. The standard InChI is InChI=1S/C22H17Cl2N3O2S/c1-26(20-4-2-3-18(24)15-20)30(28,29)21-11-9-19(10-12-21)27-22(13-14-25-27)16-5-7-17(23)8-6-16/h2-15H,1H3. The summed E-state index contributed by atoms with van der Waals surface area (Å²) in [6.45, 7) is 0. The van der Waals surface area contributed by atoms with Crippen molar-refractivity contribution in [2.75, 3.05) is 11.4 Å². The molecule has 0 aliphatic heterocycles. The molecule has 0 fully saturated rings. The molecule has 5 nitrogen and oxygen atoms in total. The lowest BCUT2D eigenvalue weighted by Gasteiger charge is -2.20. The van der Waals surface area contributed by atoms with Crippen LogP contribution in [0.5, 0.6) is 0 Å². The van der Waals surface area contributed by atoms with E-state index in [0.717, 1.165) is 16.9 Å². The van der Waals surface area contributed by atoms with Crippen molar-refractivity contribution in [2.45, 2.75) is 4.90 Å². The number of halogens is 2. The molecular formula is C22H17Cl2N3O2S. The first kappa shape index (κ1) is 20.5. The van der Waals surface area contributed by atoms with E-state index in [9.17, 15) is 8.42 Å². The normalized spacial score (nSPS) is 11.4. The van der Waals surface area contributed by atoms with Crippen molar-refractivity contribution in [1.29, 1.82) is 0 Å². The molecule has 0 unspecified atom stereocenters. The van der Waals surface area contributed by atoms with Crippen molar-refractivity contribution >= 4 is 38.9 Å². The molecule has 0 spiro atoms. The molecule has 0 aliphatic carbocycles. The fourth-order valence-corrected chi connectivity index (χ4v) is 4.57. The number of rotatable bonds is 5. The molecule has 4 rings (SSSR count). The summed E-state index contributed by atoms with van der Waals surface area (Å²) in [7, 11) is -2.23. The minimum atomic E-state index is -3.73. The molecule has 0 saturated carbocycles. The molecule has 30 heavy (non-hydrogen) atoms. The van der Waals surface area contributed by atoms with E-state index < -0.39 is 10.0 Å². The van der Waals surface area contributed by atoms with Crippen LogP contribution in [0.3, 0.4) is 0 Å². The zero-order valence-electron chi connectivity index (χ0n) is 15.9. The van der Waals surface area contributed by atoms with Gasteiger partial charge < -0.3 is 0 Å². The summed E-state index contributed by atoms with van der Waals surface area (Å²) < 4.78 is 29.0. The van der Waals surface area contributed by atoms with E-state index in [1.54, 1.807) is 59.4 Å². The van der Waals surface area contributed by atoms with Crippen molar-refractivity contribution < 1.29 is 8.42 Å². The monoisotopic (exact) mass is 457 g/mol. The Morgan fingerprint density at radius 2 is 1.57 bits per heavy atom. The first-order chi connectivity index (χ1) is 14.4. The van der Waals surface area contributed by atoms with Crippen molar-refractivity contribution in [3.63, 3.8) is 0 Å². The second-order valence-electron chi connectivity index (χ2n) is 6.58. The number of hydrogen-bond acceptors (Lipinski definition) is 3. The predicted molar refractivity (Wildman–Crippen MR) is 121 cm³/mol. The molecule has 1 heterocycles. The Kier molecular flexibility index (Phi) is 5.56. The molecule has 152 valence electrons. The van der Waals surface area contributed by atoms with Gasteiger partial charge in [0.1, 0.15) is 0 Å². The van der Waals surface area contributed by atoms with E-state index in [1.807, 2.05) is 30.3 Å². The average molecular weight is 458 g/mol. The van der Waals surface area contributed by atoms with Gasteiger partial charge in [-0.3, -0.25) is 4.31 Å². The van der Waals surface area contributed by atoms with Gasteiger partial charge >= 0.3 is 0 Å². The van der Waals surface area contributed by atoms with Gasteiger partial charge in [-0.15, -0.1) is 0 Å². The van der Waals surface area contributed by atoms with Gasteiger partial charge in [-0.05, 0) is 60.7 Å². The maximum absolute atomic E-state index is 13.0. The second-order valence-corrected chi connectivity index (χ2v) is 9.42. The second kappa shape index (κ2) is 8.14. The highest BCUT2D eigenvalue weighted by Crippen LogP contribution is 2.27. The maximum atomic E-state index is 13.0. The zero-order valence-corrected chi connectivity index (χ0v) is 18.2. The van der Waals surface area contributed by atoms with Crippen molar-refractivity contribution in [2.24, 2.45) is 0 Å². The largest absolute Gasteiger partial charge is 0.269 e. The van der Waals surface area contributed by atoms with Crippen LogP contribution >= 0.6 is 23.2 Å². The number of aromatic nitrogens is 2. The molecular weight excluding hydrogens is 441 g/mol. The Bertz CT molecular complexity index is 1280. The fourth-order valence-electron chi connectivity index (χ4n) is 3.08. The van der Waals surface area contributed by atoms with Crippen molar-refractivity contribution in [3.05, 3.63) is 95.1 Å². The summed E-state index contributed by atoms with van der Waals surface area (Å²) in [5, 5.41) is 5.51. The highest BCUT2D eigenvalue weighted by molar-refractivity contribution is 7.92. The predicted octanol–water partition coefficient (Wildman–Crippen LogP) is 5.67. The molecule has 0 amide bonds. The third-order valence-corrected chi connectivity index (χ3v) is 6.98. The quantitative estimate of drug-likeness (QED) is 0.387. The summed E-state index contributed by atoms with van der Waals surface area (Å²) in [6.07, 6.45) is 1.70. The van der Waals surface area contributed by atoms with Crippen LogP contribution < -0.4 is 4.31 Å². The molecule has 0 aliphatic rings. The van der Waals surface area contributed by atoms with Crippen LogP contribution in [0.2, 0.25) is 10.0 Å². The summed E-state index contributed by atoms with van der Waals surface area (Å²) in [5.74, 6) is 0. The van der Waals surface area contributed by atoms with Crippen LogP contribution in [0.25, 0.3) is 16.9 Å². The average Bonchev–Trinajstić information content (AvgIpc) is 3.23. The van der Waals surface area contributed by atoms with E-state index in [1.165, 1.54) is 11.4 Å². The van der Waals surface area contributed by atoms with Crippen LogP contribution in [0.1, 0.15) is 0 Å². The van der Waals surface area contributed by atoms with Gasteiger partial charge in [-0.25, -0.2) is 13.1 Å². The van der Waals surface area contributed by atoms with E-state index in [2.05, 4.69) is 5.10 Å². The molecule has 0 saturated heterocycles. The lowest BCUT2D eigenvalue weighted by Crippen LogP contribution is -2.26. The summed E-state index contributed by atoms with van der Waals surface area (Å²) in [4.78, 5) is 0.175. The lowest BCUT2D eigenvalue weighted by atomic mass is 10.1. The first-order valence-electron chi connectivity index (χ1n) is 9.01. The summed E-state index contributed by atoms with van der Waals surface area (Å²) in [5.41, 5.74) is 3.06. The minimum Gasteiger partial charge on any atom is -0.269 e. The Hall–Kier alpha value is -2.80. The molecule has 8 heteroatoms. The van der Waals surface area contributed by atoms with Crippen molar-refractivity contribution in [3.8, 4) is 16.9 Å². The molecule has 1 aromatic heterocycles. The van der Waals surface area contributed by atoms with Gasteiger partial charge in [0.05, 0.1) is 28.2 Å². The molecule has 0 radical (unpaired) electrons. The topological polar surface area (TPSA) is 55.2 Å². The Morgan fingerprint density at radius 1 is 0.867 bits per heavy atom. The van der Waals surface area contributed by atoms with Gasteiger partial charge in [-0.1, -0.05) is 41.4 Å². The number of sulfonamides is 1. The van der Waals surface area contributed by atoms with Gasteiger partial charge in [0.15, 0.2) is 0 Å². The third-order valence-electron chi connectivity index (χ3n) is 4.69. The first-order valence-corrected chi connectivity index (χ1v) is 11.2. The van der Waals surface area contributed by atoms with E-state index in [0.29, 0.717) is 15.7 Å². The maximum Gasteiger partial charge on any atom is 0.264 e. The van der Waals surface area contributed by atoms with Crippen LogP contribution in [0.15, 0.2) is 90.0 Å². The summed E-state index contributed by atoms with van der Waals surface area (Å²) in [6, 6.07) is 22.6. The number of anilines is 1. The Labute approximate surface area is 185 Å². The third kappa shape index (κ3) is 3.94. The van der Waals surface area contributed by atoms with Gasteiger partial charge in [-0.2, -0.15) is 5.10 Å². The van der Waals surface area contributed by atoms with Crippen molar-refractivity contribution in [1.82, 2.24) is 9.78 Å². The highest BCUT2D eigenvalue weighted by atomic mass is 35.5. The van der Waals surface area contributed by atoms with Gasteiger partial charge in [0, 0.05) is 22.7 Å². The highest BCUT2D eigenvalue weighted by Gasteiger charge is 2.21. The Morgan fingerprint density at radius 3 is 2.23 bits per heavy atom. The van der Waals surface area contributed by atoms with Gasteiger partial charge in [0.25, 0.3) is 10.0 Å². The number of hydrogen-bond donors (Lipinski definition) is 0. The van der Waals surface area contributed by atoms with E-state index in [4.69, 9.17) is 23.2 Å². The smallest absolute Gasteiger partial charge is 0.264 e. The molecule has 0 atom stereocenters. The van der Waals surface area contributed by atoms with E-state index in [-0.39, 0.29) is 4.90 Å². The number of benzene rings is 3. The van der Waals surface area contributed by atoms with Crippen LogP contribution in [0, 0.1) is 0 Å². The molecule has 4 aromatic rings. The SMILES string of the molecule is CN(c1cccc(Cl)c1)S(=O)(=O)c1ccc(-n2nccc2-c2ccc(Cl)cc2)cc1. The minimum absolute atomic E-state index is 0.175. The fraction of sp³-hybridized carbons (Fsp3) is 0.0455. The van der Waals surface area contributed by atoms with Crippen LogP contribution in [-0.2, 0) is 10.0 Å². The molecule has 3 aromatic carbocycles.